The average molecular weight is 304 g/mol. The summed E-state index contributed by atoms with van der Waals surface area (Å²) in [7, 11) is -4.14. The number of nitrogens with one attached hydrogen (secondary N) is 2. The number of hydrogen-bond donors (Lipinski definition) is 3. The van der Waals surface area contributed by atoms with E-state index in [9.17, 15) is 18.0 Å². The molecule has 1 heterocycles. The maximum atomic E-state index is 12.1. The van der Waals surface area contributed by atoms with Crippen LogP contribution in [0.4, 0.5) is 0 Å². The van der Waals surface area contributed by atoms with Crippen LogP contribution in [0.25, 0.3) is 0 Å². The van der Waals surface area contributed by atoms with Crippen molar-refractivity contribution < 1.29 is 27.5 Å². The number of aromatic carboxylic acids is 1. The first kappa shape index (κ1) is 16.2. The van der Waals surface area contributed by atoms with Crippen LogP contribution in [0.2, 0.25) is 0 Å². The number of rotatable bonds is 6. The van der Waals surface area contributed by atoms with Crippen molar-refractivity contribution in [2.24, 2.45) is 0 Å². The van der Waals surface area contributed by atoms with Crippen LogP contribution in [0.15, 0.2) is 9.31 Å². The molecule has 0 aliphatic carbocycles. The fourth-order valence-corrected chi connectivity index (χ4v) is 3.11. The van der Waals surface area contributed by atoms with Gasteiger partial charge in [0.05, 0.1) is 6.54 Å². The van der Waals surface area contributed by atoms with E-state index in [1.165, 1.54) is 13.8 Å². The predicted molar refractivity (Wildman–Crippen MR) is 69.0 cm³/mol. The van der Waals surface area contributed by atoms with Gasteiger partial charge in [0.25, 0.3) is 0 Å². The van der Waals surface area contributed by atoms with Gasteiger partial charge in [-0.25, -0.2) is 17.9 Å². The molecule has 0 radical (unpaired) electrons. The Morgan fingerprint density at radius 1 is 1.25 bits per heavy atom. The number of likely N-dealkylation sites (N-methyl/N-ethyl adjacent to an activating group) is 1. The van der Waals surface area contributed by atoms with Crippen molar-refractivity contribution in [3.63, 3.8) is 0 Å². The van der Waals surface area contributed by atoms with Gasteiger partial charge in [0.15, 0.2) is 0 Å². The molecule has 1 amide bonds. The van der Waals surface area contributed by atoms with Crippen LogP contribution >= 0.6 is 0 Å². The molecule has 0 unspecified atom stereocenters. The van der Waals surface area contributed by atoms with Crippen molar-refractivity contribution in [3.8, 4) is 0 Å². The van der Waals surface area contributed by atoms with Gasteiger partial charge in [-0.2, -0.15) is 0 Å². The molecule has 0 spiro atoms. The Morgan fingerprint density at radius 2 is 1.85 bits per heavy atom. The zero-order valence-corrected chi connectivity index (χ0v) is 12.1. The first-order valence-corrected chi connectivity index (χ1v) is 7.28. The molecule has 1 aromatic rings. The topological polar surface area (TPSA) is 126 Å². The summed E-state index contributed by atoms with van der Waals surface area (Å²) >= 11 is 0. The SMILES string of the molecule is CCNC(=O)CNS(=O)(=O)c1c(C)oc(C)c1C(=O)O. The molecule has 1 rings (SSSR count). The Morgan fingerprint density at radius 3 is 2.35 bits per heavy atom. The number of carbonyl (C=O) groups is 2. The molecule has 3 N–H and O–H groups in total. The number of sulfonamides is 1. The van der Waals surface area contributed by atoms with Gasteiger partial charge in [-0.05, 0) is 20.8 Å². The molecule has 0 aliphatic heterocycles. The lowest BCUT2D eigenvalue weighted by atomic mass is 10.2. The molecule has 0 atom stereocenters. The van der Waals surface area contributed by atoms with E-state index in [1.807, 2.05) is 4.72 Å². The number of carbonyl (C=O) groups excluding carboxylic acids is 1. The second kappa shape index (κ2) is 6.06. The van der Waals surface area contributed by atoms with Gasteiger partial charge in [-0.15, -0.1) is 0 Å². The molecule has 1 aromatic heterocycles. The summed E-state index contributed by atoms with van der Waals surface area (Å²) in [6.45, 7) is 4.29. The number of furan rings is 1. The van der Waals surface area contributed by atoms with Crippen LogP contribution in [0, 0.1) is 13.8 Å². The molecule has 112 valence electrons. The summed E-state index contributed by atoms with van der Waals surface area (Å²) in [4.78, 5) is 21.9. The van der Waals surface area contributed by atoms with E-state index in [2.05, 4.69) is 5.32 Å². The number of hydrogen-bond acceptors (Lipinski definition) is 5. The molecule has 0 saturated carbocycles. The van der Waals surface area contributed by atoms with E-state index in [1.54, 1.807) is 6.92 Å². The molecule has 0 bridgehead atoms. The maximum absolute atomic E-state index is 12.1. The fourth-order valence-electron chi connectivity index (χ4n) is 1.73. The van der Waals surface area contributed by atoms with Crippen molar-refractivity contribution in [2.45, 2.75) is 25.7 Å². The lowest BCUT2D eigenvalue weighted by Crippen LogP contribution is -2.37. The van der Waals surface area contributed by atoms with E-state index in [0.29, 0.717) is 6.54 Å². The van der Waals surface area contributed by atoms with E-state index in [-0.39, 0.29) is 11.5 Å². The first-order chi connectivity index (χ1) is 9.20. The normalized spacial score (nSPS) is 11.3. The minimum Gasteiger partial charge on any atom is -0.478 e. The Hall–Kier alpha value is -1.87. The molecular formula is C11H16N2O6S. The largest absolute Gasteiger partial charge is 0.478 e. The van der Waals surface area contributed by atoms with E-state index in [4.69, 9.17) is 9.52 Å². The van der Waals surface area contributed by atoms with Crippen molar-refractivity contribution >= 4 is 21.9 Å². The Kier molecular flexibility index (Phi) is 4.90. The molecule has 0 saturated heterocycles. The predicted octanol–water partition coefficient (Wildman–Crippen LogP) is 0.00904. The summed E-state index contributed by atoms with van der Waals surface area (Å²) < 4.78 is 31.3. The van der Waals surface area contributed by atoms with Crippen LogP contribution in [0.3, 0.4) is 0 Å². The van der Waals surface area contributed by atoms with Crippen molar-refractivity contribution in [1.29, 1.82) is 0 Å². The Labute approximate surface area is 116 Å². The van der Waals surface area contributed by atoms with Crippen LogP contribution < -0.4 is 10.0 Å². The molecule has 0 fully saturated rings. The van der Waals surface area contributed by atoms with Gasteiger partial charge in [0.2, 0.25) is 15.9 Å². The third-order valence-corrected chi connectivity index (χ3v) is 4.04. The highest BCUT2D eigenvalue weighted by atomic mass is 32.2. The van der Waals surface area contributed by atoms with Gasteiger partial charge < -0.3 is 14.8 Å². The standard InChI is InChI=1S/C11H16N2O6S/c1-4-12-8(14)5-13-20(17,18)10-7(3)19-6(2)9(10)11(15)16/h13H,4-5H2,1-3H3,(H,12,14)(H,15,16). The minimum atomic E-state index is -4.14. The second-order valence-corrected chi connectivity index (χ2v) is 5.71. The van der Waals surface area contributed by atoms with Gasteiger partial charge in [0.1, 0.15) is 22.0 Å². The number of carboxylic acid groups (broad SMARTS) is 1. The monoisotopic (exact) mass is 304 g/mol. The zero-order chi connectivity index (χ0) is 15.5. The highest BCUT2D eigenvalue weighted by molar-refractivity contribution is 7.89. The smallest absolute Gasteiger partial charge is 0.340 e. The van der Waals surface area contributed by atoms with Gasteiger partial charge in [-0.1, -0.05) is 0 Å². The van der Waals surface area contributed by atoms with Crippen molar-refractivity contribution in [1.82, 2.24) is 10.0 Å². The quantitative estimate of drug-likeness (QED) is 0.679. The van der Waals surface area contributed by atoms with Gasteiger partial charge in [0, 0.05) is 6.54 Å². The first-order valence-electron chi connectivity index (χ1n) is 5.80. The molecular weight excluding hydrogens is 288 g/mol. The molecule has 0 aliphatic rings. The van der Waals surface area contributed by atoms with E-state index >= 15 is 0 Å². The lowest BCUT2D eigenvalue weighted by molar-refractivity contribution is -0.119. The third kappa shape index (κ3) is 3.36. The third-order valence-electron chi connectivity index (χ3n) is 2.48. The van der Waals surface area contributed by atoms with Gasteiger partial charge >= 0.3 is 5.97 Å². The Bertz CT molecular complexity index is 632. The van der Waals surface area contributed by atoms with Crippen LogP contribution in [0.1, 0.15) is 28.8 Å². The van der Waals surface area contributed by atoms with Crippen LogP contribution in [0.5, 0.6) is 0 Å². The van der Waals surface area contributed by atoms with Crippen LogP contribution in [-0.4, -0.2) is 38.5 Å². The van der Waals surface area contributed by atoms with Crippen LogP contribution in [-0.2, 0) is 14.8 Å². The summed E-state index contributed by atoms with van der Waals surface area (Å²) in [6, 6.07) is 0. The highest BCUT2D eigenvalue weighted by Gasteiger charge is 2.30. The molecule has 0 aromatic carbocycles. The minimum absolute atomic E-state index is 0.00613. The lowest BCUT2D eigenvalue weighted by Gasteiger charge is -2.06. The van der Waals surface area contributed by atoms with E-state index in [0.717, 1.165) is 0 Å². The highest BCUT2D eigenvalue weighted by Crippen LogP contribution is 2.26. The fraction of sp³-hybridized carbons (Fsp3) is 0.455. The summed E-state index contributed by atoms with van der Waals surface area (Å²) in [5, 5.41) is 11.5. The summed E-state index contributed by atoms with van der Waals surface area (Å²) in [5.41, 5.74) is -0.425. The zero-order valence-electron chi connectivity index (χ0n) is 11.3. The summed E-state index contributed by atoms with van der Waals surface area (Å²) in [6.07, 6.45) is 0. The second-order valence-electron chi connectivity index (χ2n) is 4.00. The van der Waals surface area contributed by atoms with Crippen molar-refractivity contribution in [2.75, 3.05) is 13.1 Å². The van der Waals surface area contributed by atoms with Crippen molar-refractivity contribution in [3.05, 3.63) is 17.1 Å². The number of amides is 1. The summed E-state index contributed by atoms with van der Waals surface area (Å²) in [5.74, 6) is -1.96. The molecule has 9 heteroatoms. The molecule has 20 heavy (non-hydrogen) atoms. The van der Waals surface area contributed by atoms with E-state index < -0.39 is 38.9 Å². The molecule has 8 nitrogen and oxygen atoms in total. The number of aryl methyl sites for hydroxylation is 2. The maximum Gasteiger partial charge on any atom is 0.340 e. The average Bonchev–Trinajstić information content (AvgIpc) is 2.63. The number of carboxylic acids is 1. The Balaban J connectivity index is 3.10. The van der Waals surface area contributed by atoms with Gasteiger partial charge in [-0.3, -0.25) is 4.79 Å².